The number of hydrogen-bond acceptors (Lipinski definition) is 3. The smallest absolute Gasteiger partial charge is 0.393 e. The lowest BCUT2D eigenvalue weighted by atomic mass is 10.0. The Labute approximate surface area is 144 Å². The Morgan fingerprint density at radius 2 is 2.08 bits per heavy atom. The molecule has 1 aromatic heterocycles. The molecule has 2 unspecified atom stereocenters. The minimum atomic E-state index is -4.43. The van der Waals surface area contributed by atoms with Crippen molar-refractivity contribution in [2.24, 2.45) is 0 Å². The van der Waals surface area contributed by atoms with Gasteiger partial charge >= 0.3 is 6.18 Å². The van der Waals surface area contributed by atoms with E-state index in [9.17, 15) is 26.5 Å². The standard InChI is InChI=1S/C16H17F5N2OS/c1-23-6-5-13(15(17,18)9-23)22-12-4-2-3-11-10(7-16(19,20)21)8-25(24)14(11)12/h2-4,8,13,22H,5-7,9H2,1H3. The molecule has 1 aliphatic heterocycles. The van der Waals surface area contributed by atoms with Gasteiger partial charge in [0.05, 0.1) is 24.7 Å². The van der Waals surface area contributed by atoms with Crippen molar-refractivity contribution >= 4 is 26.5 Å². The molecule has 3 rings (SSSR count). The number of anilines is 1. The third-order valence-corrected chi connectivity index (χ3v) is 5.66. The lowest BCUT2D eigenvalue weighted by Crippen LogP contribution is -2.53. The van der Waals surface area contributed by atoms with Crippen molar-refractivity contribution in [3.8, 4) is 0 Å². The summed E-state index contributed by atoms with van der Waals surface area (Å²) in [6.45, 7) is 0.0727. The number of hydrogen-bond donors (Lipinski definition) is 1. The number of likely N-dealkylation sites (tertiary alicyclic amines) is 1. The molecule has 3 nitrogen and oxygen atoms in total. The van der Waals surface area contributed by atoms with Crippen LogP contribution < -0.4 is 5.32 Å². The normalized spacial score (nSPS) is 22.4. The van der Waals surface area contributed by atoms with Crippen LogP contribution in [0.25, 0.3) is 10.1 Å². The molecule has 138 valence electrons. The largest absolute Gasteiger partial charge is 0.590 e. The maximum absolute atomic E-state index is 14.2. The number of alkyl halides is 5. The Kier molecular flexibility index (Phi) is 4.67. The first-order chi connectivity index (χ1) is 11.6. The summed E-state index contributed by atoms with van der Waals surface area (Å²) in [5.41, 5.74) is 0.123. The predicted octanol–water partition coefficient (Wildman–Crippen LogP) is 4.42. The minimum absolute atomic E-state index is 0.0837. The molecular weight excluding hydrogens is 363 g/mol. The first-order valence-electron chi connectivity index (χ1n) is 7.71. The van der Waals surface area contributed by atoms with E-state index in [1.165, 1.54) is 23.1 Å². The SMILES string of the molecule is CN1CCC(Nc2cccc3c(CC(F)(F)F)c[s+]([O-])c23)C(F)(F)C1. The predicted molar refractivity (Wildman–Crippen MR) is 86.8 cm³/mol. The highest BCUT2D eigenvalue weighted by atomic mass is 32.2. The number of nitrogens with one attached hydrogen (secondary N) is 1. The van der Waals surface area contributed by atoms with Gasteiger partial charge in [0.1, 0.15) is 5.38 Å². The third kappa shape index (κ3) is 3.88. The van der Waals surface area contributed by atoms with Crippen LogP contribution in [0.3, 0.4) is 0 Å². The van der Waals surface area contributed by atoms with Crippen molar-refractivity contribution in [3.63, 3.8) is 0 Å². The molecule has 0 bridgehead atoms. The number of piperidine rings is 1. The molecule has 0 radical (unpaired) electrons. The van der Waals surface area contributed by atoms with Gasteiger partial charge in [-0.2, -0.15) is 13.2 Å². The maximum Gasteiger partial charge on any atom is 0.393 e. The molecule has 1 fully saturated rings. The summed E-state index contributed by atoms with van der Waals surface area (Å²) in [4.78, 5) is 1.52. The average Bonchev–Trinajstić information content (AvgIpc) is 2.77. The summed E-state index contributed by atoms with van der Waals surface area (Å²) in [6, 6.07) is 3.26. The molecule has 9 heteroatoms. The summed E-state index contributed by atoms with van der Waals surface area (Å²) in [5, 5.41) is 3.98. The fraction of sp³-hybridized carbons (Fsp3) is 0.500. The van der Waals surface area contributed by atoms with Gasteiger partial charge in [0, 0.05) is 17.5 Å². The minimum Gasteiger partial charge on any atom is -0.590 e. The van der Waals surface area contributed by atoms with Crippen LogP contribution in [0.4, 0.5) is 27.6 Å². The van der Waals surface area contributed by atoms with Crippen LogP contribution in [0.15, 0.2) is 23.6 Å². The van der Waals surface area contributed by atoms with Gasteiger partial charge in [0.2, 0.25) is 4.70 Å². The topological polar surface area (TPSA) is 38.3 Å². The second-order valence-corrected chi connectivity index (χ2v) is 7.64. The highest BCUT2D eigenvalue weighted by Crippen LogP contribution is 2.41. The van der Waals surface area contributed by atoms with E-state index in [0.717, 1.165) is 5.38 Å². The van der Waals surface area contributed by atoms with Crippen LogP contribution in [0.5, 0.6) is 0 Å². The summed E-state index contributed by atoms with van der Waals surface area (Å²) in [7, 11) is -0.186. The Bertz CT molecular complexity index is 774. The number of nitrogens with zero attached hydrogens (tertiary/aromatic N) is 1. The number of thiophene rings is 1. The molecule has 0 aliphatic carbocycles. The van der Waals surface area contributed by atoms with E-state index in [1.807, 2.05) is 0 Å². The highest BCUT2D eigenvalue weighted by molar-refractivity contribution is 7.30. The van der Waals surface area contributed by atoms with Crippen LogP contribution in [0.2, 0.25) is 0 Å². The van der Waals surface area contributed by atoms with E-state index in [-0.39, 0.29) is 27.8 Å². The van der Waals surface area contributed by atoms with Gasteiger partial charge in [-0.3, -0.25) is 0 Å². The summed E-state index contributed by atoms with van der Waals surface area (Å²) >= 11 is 0. The van der Waals surface area contributed by atoms with Gasteiger partial charge < -0.3 is 14.8 Å². The van der Waals surface area contributed by atoms with Gasteiger partial charge in [-0.25, -0.2) is 8.78 Å². The summed E-state index contributed by atoms with van der Waals surface area (Å²) in [6.07, 6.45) is -5.44. The summed E-state index contributed by atoms with van der Waals surface area (Å²) in [5.74, 6) is -2.99. The Hall–Kier alpha value is -1.45. The Morgan fingerprint density at radius 1 is 1.36 bits per heavy atom. The molecule has 1 saturated heterocycles. The van der Waals surface area contributed by atoms with Gasteiger partial charge in [-0.1, -0.05) is 6.07 Å². The number of rotatable bonds is 3. The van der Waals surface area contributed by atoms with Gasteiger partial charge in [0.15, 0.2) is 0 Å². The summed E-state index contributed by atoms with van der Waals surface area (Å²) < 4.78 is 78.9. The molecule has 2 atom stereocenters. The number of benzene rings is 1. The van der Waals surface area contributed by atoms with Gasteiger partial charge in [-0.15, -0.1) is 0 Å². The molecule has 2 heterocycles. The first kappa shape index (κ1) is 18.3. The van der Waals surface area contributed by atoms with E-state index in [2.05, 4.69) is 5.32 Å². The van der Waals surface area contributed by atoms with Crippen LogP contribution in [-0.2, 0) is 6.42 Å². The average molecular weight is 380 g/mol. The van der Waals surface area contributed by atoms with E-state index in [0.29, 0.717) is 6.54 Å². The molecule has 1 N–H and O–H groups in total. The van der Waals surface area contributed by atoms with Gasteiger partial charge in [0.25, 0.3) is 5.92 Å². The van der Waals surface area contributed by atoms with Crippen LogP contribution >= 0.6 is 10.8 Å². The zero-order valence-corrected chi connectivity index (χ0v) is 14.2. The monoisotopic (exact) mass is 380 g/mol. The molecule has 0 saturated carbocycles. The molecule has 1 aromatic carbocycles. The number of halogens is 5. The third-order valence-electron chi connectivity index (χ3n) is 4.32. The lowest BCUT2D eigenvalue weighted by Gasteiger charge is -2.37. The molecule has 2 aromatic rings. The Balaban J connectivity index is 1.95. The maximum atomic E-state index is 14.2. The lowest BCUT2D eigenvalue weighted by molar-refractivity contribution is -0.126. The second-order valence-electron chi connectivity index (χ2n) is 6.40. The molecule has 0 amide bonds. The fourth-order valence-electron chi connectivity index (χ4n) is 3.20. The Morgan fingerprint density at radius 3 is 2.72 bits per heavy atom. The van der Waals surface area contributed by atoms with Crippen molar-refractivity contribution in [2.45, 2.75) is 31.0 Å². The quantitative estimate of drug-likeness (QED) is 0.633. The van der Waals surface area contributed by atoms with E-state index in [4.69, 9.17) is 0 Å². The van der Waals surface area contributed by atoms with E-state index >= 15 is 0 Å². The molecule has 25 heavy (non-hydrogen) atoms. The van der Waals surface area contributed by atoms with Crippen LogP contribution in [0, 0.1) is 0 Å². The first-order valence-corrected chi connectivity index (χ1v) is 8.92. The van der Waals surface area contributed by atoms with Crippen LogP contribution in [-0.4, -0.2) is 47.7 Å². The van der Waals surface area contributed by atoms with E-state index < -0.39 is 41.9 Å². The van der Waals surface area contributed by atoms with Crippen molar-refractivity contribution in [3.05, 3.63) is 29.1 Å². The van der Waals surface area contributed by atoms with Crippen molar-refractivity contribution < 1.29 is 26.5 Å². The number of fused-ring (bicyclic) bond motifs is 1. The highest BCUT2D eigenvalue weighted by Gasteiger charge is 2.44. The van der Waals surface area contributed by atoms with E-state index in [1.54, 1.807) is 7.05 Å². The fourth-order valence-corrected chi connectivity index (χ4v) is 4.55. The van der Waals surface area contributed by atoms with Crippen molar-refractivity contribution in [1.82, 2.24) is 4.90 Å². The van der Waals surface area contributed by atoms with Crippen molar-refractivity contribution in [2.75, 3.05) is 25.5 Å². The molecular formula is C16H17F5N2OS. The van der Waals surface area contributed by atoms with Gasteiger partial charge in [-0.05, 0) is 36.4 Å². The zero-order valence-electron chi connectivity index (χ0n) is 13.4. The zero-order chi connectivity index (χ0) is 18.4. The second kappa shape index (κ2) is 6.37. The van der Waals surface area contributed by atoms with Crippen LogP contribution in [0.1, 0.15) is 12.0 Å². The molecule has 1 aliphatic rings. The van der Waals surface area contributed by atoms with Crippen molar-refractivity contribution in [1.29, 1.82) is 0 Å². The molecule has 0 spiro atoms.